The highest BCUT2D eigenvalue weighted by Crippen LogP contribution is 2.42. The highest BCUT2D eigenvalue weighted by atomic mass is 16.6. The van der Waals surface area contributed by atoms with Gasteiger partial charge in [-0.3, -0.25) is 4.79 Å². The number of carbonyl (C=O) groups excluding carboxylic acids is 2. The Labute approximate surface area is 200 Å². The zero-order chi connectivity index (χ0) is 24.5. The molecule has 7 nitrogen and oxygen atoms in total. The largest absolute Gasteiger partial charge is 0.447 e. The van der Waals surface area contributed by atoms with Crippen molar-refractivity contribution in [3.05, 3.63) is 0 Å². The second kappa shape index (κ2) is 10.5. The van der Waals surface area contributed by atoms with Crippen molar-refractivity contribution in [1.82, 2.24) is 14.7 Å². The van der Waals surface area contributed by atoms with E-state index in [1.165, 1.54) is 0 Å². The number of rotatable bonds is 8. The number of likely N-dealkylation sites (N-methyl/N-ethyl adjacent to an activating group) is 1. The maximum absolute atomic E-state index is 13.2. The van der Waals surface area contributed by atoms with E-state index >= 15 is 0 Å². The number of ether oxygens (including phenoxy) is 1. The molecule has 3 rings (SSSR count). The van der Waals surface area contributed by atoms with Gasteiger partial charge in [-0.25, -0.2) is 4.79 Å². The van der Waals surface area contributed by atoms with Crippen molar-refractivity contribution in [2.75, 3.05) is 26.7 Å². The fraction of sp³-hybridized carbons (Fsp3) is 0.923. The van der Waals surface area contributed by atoms with Crippen LogP contribution in [0.2, 0.25) is 0 Å². The van der Waals surface area contributed by atoms with Gasteiger partial charge in [-0.15, -0.1) is 0 Å². The summed E-state index contributed by atoms with van der Waals surface area (Å²) in [5.41, 5.74) is -0.717. The molecule has 33 heavy (non-hydrogen) atoms. The quantitative estimate of drug-likeness (QED) is 0.591. The van der Waals surface area contributed by atoms with Crippen LogP contribution in [-0.2, 0) is 9.53 Å². The molecule has 0 radical (unpaired) electrons. The predicted octanol–water partition coefficient (Wildman–Crippen LogP) is 3.74. The lowest BCUT2D eigenvalue weighted by Crippen LogP contribution is -2.67. The number of piperazine rings is 1. The first-order valence-electron chi connectivity index (χ1n) is 13.1. The van der Waals surface area contributed by atoms with E-state index in [4.69, 9.17) is 4.74 Å². The van der Waals surface area contributed by atoms with Crippen LogP contribution < -0.4 is 0 Å². The molecule has 7 heteroatoms. The van der Waals surface area contributed by atoms with Gasteiger partial charge in [0.05, 0.1) is 23.8 Å². The van der Waals surface area contributed by atoms with E-state index in [0.717, 1.165) is 45.1 Å². The van der Waals surface area contributed by atoms with E-state index in [0.29, 0.717) is 30.8 Å². The molecule has 3 fully saturated rings. The molecular weight excluding hydrogens is 418 g/mol. The van der Waals surface area contributed by atoms with E-state index < -0.39 is 5.60 Å². The molecule has 1 heterocycles. The predicted molar refractivity (Wildman–Crippen MR) is 130 cm³/mol. The highest BCUT2D eigenvalue weighted by molar-refractivity contribution is 5.82. The molecule has 0 spiro atoms. The van der Waals surface area contributed by atoms with Crippen LogP contribution in [0.5, 0.6) is 0 Å². The zero-order valence-electron chi connectivity index (χ0n) is 21.9. The molecule has 5 atom stereocenters. The summed E-state index contributed by atoms with van der Waals surface area (Å²) >= 11 is 0. The van der Waals surface area contributed by atoms with Crippen LogP contribution in [0.25, 0.3) is 0 Å². The molecule has 1 N–H and O–H groups in total. The van der Waals surface area contributed by atoms with Crippen LogP contribution in [0.1, 0.15) is 80.1 Å². The third kappa shape index (κ3) is 6.62. The van der Waals surface area contributed by atoms with E-state index in [9.17, 15) is 14.7 Å². The van der Waals surface area contributed by atoms with Crippen LogP contribution in [0.15, 0.2) is 0 Å². The molecule has 2 aliphatic carbocycles. The highest BCUT2D eigenvalue weighted by Gasteiger charge is 2.50. The average Bonchev–Trinajstić information content (AvgIpc) is 3.54. The summed E-state index contributed by atoms with van der Waals surface area (Å²) in [6.07, 6.45) is 5.61. The summed E-state index contributed by atoms with van der Waals surface area (Å²) in [4.78, 5) is 32.6. The molecule has 2 saturated carbocycles. The molecule has 4 unspecified atom stereocenters. The molecule has 3 aliphatic rings. The Bertz CT molecular complexity index is 688. The van der Waals surface area contributed by atoms with Crippen molar-refractivity contribution < 1.29 is 19.4 Å². The van der Waals surface area contributed by atoms with Gasteiger partial charge >= 0.3 is 6.09 Å². The Kier molecular flexibility index (Phi) is 8.37. The number of hydrogen-bond acceptors (Lipinski definition) is 5. The summed E-state index contributed by atoms with van der Waals surface area (Å²) < 4.78 is 5.63. The zero-order valence-corrected chi connectivity index (χ0v) is 21.9. The van der Waals surface area contributed by atoms with Gasteiger partial charge in [0.25, 0.3) is 0 Å². The van der Waals surface area contributed by atoms with E-state index in [2.05, 4.69) is 30.7 Å². The molecule has 2 amide bonds. The minimum Gasteiger partial charge on any atom is -0.447 e. The maximum atomic E-state index is 13.2. The number of fused-ring (bicyclic) bond motifs is 1. The van der Waals surface area contributed by atoms with Crippen LogP contribution >= 0.6 is 0 Å². The third-order valence-electron chi connectivity index (χ3n) is 7.66. The summed E-state index contributed by atoms with van der Waals surface area (Å²) in [6, 6.07) is 0.127. The lowest BCUT2D eigenvalue weighted by atomic mass is 9.72. The fourth-order valence-electron chi connectivity index (χ4n) is 6.22. The second-order valence-corrected chi connectivity index (χ2v) is 11.8. The van der Waals surface area contributed by atoms with Gasteiger partial charge in [-0.1, -0.05) is 13.3 Å². The molecule has 0 bridgehead atoms. The minimum absolute atomic E-state index is 0.0162. The lowest BCUT2D eigenvalue weighted by molar-refractivity contribution is -0.146. The first kappa shape index (κ1) is 26.3. The van der Waals surface area contributed by atoms with Gasteiger partial charge in [-0.2, -0.15) is 0 Å². The van der Waals surface area contributed by atoms with Gasteiger partial charge in [-0.05, 0) is 85.6 Å². The smallest absolute Gasteiger partial charge is 0.410 e. The third-order valence-corrected chi connectivity index (χ3v) is 7.66. The van der Waals surface area contributed by atoms with Gasteiger partial charge in [0, 0.05) is 31.6 Å². The molecule has 0 aromatic carbocycles. The molecule has 190 valence electrons. The SMILES string of the molecule is CCC(CN(C)CC(C)(C)O)C1CCC2C(C1)N(C(=O)OC(C)C)C[C@H](C)N2C(=O)C1CC1. The Morgan fingerprint density at radius 2 is 1.82 bits per heavy atom. The molecule has 1 aliphatic heterocycles. The van der Waals surface area contributed by atoms with Crippen LogP contribution in [0, 0.1) is 17.8 Å². The molecule has 1 saturated heterocycles. The first-order valence-corrected chi connectivity index (χ1v) is 13.1. The van der Waals surface area contributed by atoms with Crippen molar-refractivity contribution in [2.45, 2.75) is 110 Å². The maximum Gasteiger partial charge on any atom is 0.410 e. The summed E-state index contributed by atoms with van der Waals surface area (Å²) in [6.45, 7) is 13.9. The summed E-state index contributed by atoms with van der Waals surface area (Å²) in [5, 5.41) is 10.2. The number of aliphatic hydroxyl groups is 1. The van der Waals surface area contributed by atoms with Gasteiger partial charge in [0.1, 0.15) is 0 Å². The second-order valence-electron chi connectivity index (χ2n) is 11.8. The van der Waals surface area contributed by atoms with Crippen LogP contribution in [-0.4, -0.2) is 88.3 Å². The Balaban J connectivity index is 1.77. The van der Waals surface area contributed by atoms with Gasteiger partial charge < -0.3 is 24.5 Å². The molecule has 0 aromatic heterocycles. The summed E-state index contributed by atoms with van der Waals surface area (Å²) in [5.74, 6) is 1.47. The van der Waals surface area contributed by atoms with Crippen molar-refractivity contribution in [1.29, 1.82) is 0 Å². The molecular formula is C26H47N3O4. The van der Waals surface area contributed by atoms with E-state index in [1.54, 1.807) is 0 Å². The van der Waals surface area contributed by atoms with Crippen LogP contribution in [0.3, 0.4) is 0 Å². The summed E-state index contributed by atoms with van der Waals surface area (Å²) in [7, 11) is 2.08. The van der Waals surface area contributed by atoms with Crippen molar-refractivity contribution in [2.24, 2.45) is 17.8 Å². The Hall–Kier alpha value is -1.34. The number of nitrogens with zero attached hydrogens (tertiary/aromatic N) is 3. The lowest BCUT2D eigenvalue weighted by Gasteiger charge is -2.54. The van der Waals surface area contributed by atoms with Gasteiger partial charge in [0.2, 0.25) is 5.91 Å². The van der Waals surface area contributed by atoms with E-state index in [-0.39, 0.29) is 36.2 Å². The van der Waals surface area contributed by atoms with Gasteiger partial charge in [0.15, 0.2) is 0 Å². The fourth-order valence-corrected chi connectivity index (χ4v) is 6.22. The number of amides is 2. The number of carbonyl (C=O) groups is 2. The standard InChI is InChI=1S/C26H47N3O4/c1-8-19(15-27(7)16-26(5,6)32)21-11-12-22-23(13-21)28(25(31)33-17(2)3)14-18(4)29(22)24(30)20-9-10-20/h17-23,32H,8-16H2,1-7H3/t18-,19?,21?,22?,23?/m0/s1. The van der Waals surface area contributed by atoms with E-state index in [1.807, 2.05) is 32.6 Å². The monoisotopic (exact) mass is 465 g/mol. The number of hydrogen-bond donors (Lipinski definition) is 1. The first-order chi connectivity index (χ1) is 15.4. The van der Waals surface area contributed by atoms with Crippen molar-refractivity contribution >= 4 is 12.0 Å². The van der Waals surface area contributed by atoms with Crippen molar-refractivity contribution in [3.8, 4) is 0 Å². The average molecular weight is 466 g/mol. The Morgan fingerprint density at radius 3 is 2.36 bits per heavy atom. The minimum atomic E-state index is -0.717. The topological polar surface area (TPSA) is 73.3 Å². The van der Waals surface area contributed by atoms with Crippen LogP contribution in [0.4, 0.5) is 4.79 Å². The normalized spacial score (nSPS) is 29.3. The molecule has 0 aromatic rings. The van der Waals surface area contributed by atoms with Crippen molar-refractivity contribution in [3.63, 3.8) is 0 Å². The Morgan fingerprint density at radius 1 is 1.15 bits per heavy atom.